The first-order chi connectivity index (χ1) is 15.5. The predicted molar refractivity (Wildman–Crippen MR) is 133 cm³/mol. The number of hydrogen-bond acceptors (Lipinski definition) is 4. The lowest BCUT2D eigenvalue weighted by Gasteiger charge is -2.26. The van der Waals surface area contributed by atoms with Gasteiger partial charge < -0.3 is 5.32 Å². The minimum atomic E-state index is -0.0798. The van der Waals surface area contributed by atoms with E-state index in [4.69, 9.17) is 4.98 Å². The number of aromatic nitrogens is 2. The van der Waals surface area contributed by atoms with Crippen LogP contribution in [0.3, 0.4) is 0 Å². The van der Waals surface area contributed by atoms with E-state index in [0.29, 0.717) is 22.0 Å². The van der Waals surface area contributed by atoms with Gasteiger partial charge in [0.2, 0.25) is 5.91 Å². The Bertz CT molecular complexity index is 1180. The molecule has 1 amide bonds. The van der Waals surface area contributed by atoms with Crippen LogP contribution in [0.1, 0.15) is 69.0 Å². The van der Waals surface area contributed by atoms with Gasteiger partial charge in [0.15, 0.2) is 5.16 Å². The number of anilines is 1. The summed E-state index contributed by atoms with van der Waals surface area (Å²) in [4.78, 5) is 31.1. The van der Waals surface area contributed by atoms with Crippen molar-refractivity contribution in [2.45, 2.75) is 70.0 Å². The van der Waals surface area contributed by atoms with Crippen molar-refractivity contribution in [3.8, 4) is 0 Å². The lowest BCUT2D eigenvalue weighted by Crippen LogP contribution is -2.29. The van der Waals surface area contributed by atoms with Gasteiger partial charge in [-0.2, -0.15) is 0 Å². The fourth-order valence-electron chi connectivity index (χ4n) is 4.54. The molecule has 3 aromatic rings. The fourth-order valence-corrected chi connectivity index (χ4v) is 5.40. The van der Waals surface area contributed by atoms with E-state index in [1.807, 2.05) is 47.9 Å². The summed E-state index contributed by atoms with van der Waals surface area (Å²) in [6.45, 7) is 6.27. The summed E-state index contributed by atoms with van der Waals surface area (Å²) in [5.41, 5.74) is 3.77. The minimum absolute atomic E-state index is 0.00593. The summed E-state index contributed by atoms with van der Waals surface area (Å²) in [6, 6.07) is 13.7. The first-order valence-corrected chi connectivity index (χ1v) is 12.5. The predicted octanol–water partition coefficient (Wildman–Crippen LogP) is 6.06. The van der Waals surface area contributed by atoms with Crippen LogP contribution in [-0.4, -0.2) is 21.2 Å². The first-order valence-electron chi connectivity index (χ1n) is 11.5. The number of nitrogens with one attached hydrogen (secondary N) is 1. The second kappa shape index (κ2) is 9.90. The maximum Gasteiger partial charge on any atom is 0.262 e. The molecule has 1 fully saturated rings. The van der Waals surface area contributed by atoms with Crippen molar-refractivity contribution in [2.24, 2.45) is 0 Å². The van der Waals surface area contributed by atoms with Crippen LogP contribution in [0.4, 0.5) is 5.69 Å². The summed E-state index contributed by atoms with van der Waals surface area (Å²) in [6.07, 6.45) is 5.44. The average Bonchev–Trinajstić information content (AvgIpc) is 2.79. The van der Waals surface area contributed by atoms with Gasteiger partial charge in [0.25, 0.3) is 5.56 Å². The van der Waals surface area contributed by atoms with Crippen molar-refractivity contribution in [1.29, 1.82) is 0 Å². The Kier molecular flexibility index (Phi) is 6.99. The highest BCUT2D eigenvalue weighted by molar-refractivity contribution is 7.99. The maximum absolute atomic E-state index is 13.4. The van der Waals surface area contributed by atoms with E-state index in [1.165, 1.54) is 18.2 Å². The molecule has 0 radical (unpaired) electrons. The Hall–Kier alpha value is -2.60. The number of hydrogen-bond donors (Lipinski definition) is 1. The number of carbonyl (C=O) groups is 1. The van der Waals surface area contributed by atoms with Gasteiger partial charge in [-0.15, -0.1) is 0 Å². The summed E-state index contributed by atoms with van der Waals surface area (Å²) in [7, 11) is 0. The third-order valence-electron chi connectivity index (χ3n) is 6.24. The standard InChI is InChI=1S/C26H31N3O2S/c1-17(2)20-14-9-10-18(3)24(20)28-23(30)16-32-26-27-22-15-8-7-13-21(22)25(31)29(26)19-11-5-4-6-12-19/h7-10,13-15,17,19H,4-6,11-12,16H2,1-3H3,(H,28,30). The van der Waals surface area contributed by atoms with Crippen LogP contribution in [0.25, 0.3) is 10.9 Å². The van der Waals surface area contributed by atoms with Gasteiger partial charge >= 0.3 is 0 Å². The van der Waals surface area contributed by atoms with Crippen LogP contribution in [0.5, 0.6) is 0 Å². The van der Waals surface area contributed by atoms with E-state index >= 15 is 0 Å². The van der Waals surface area contributed by atoms with Crippen molar-refractivity contribution in [1.82, 2.24) is 9.55 Å². The van der Waals surface area contributed by atoms with E-state index in [9.17, 15) is 9.59 Å². The number of aryl methyl sites for hydroxylation is 1. The summed E-state index contributed by atoms with van der Waals surface area (Å²) >= 11 is 1.36. The van der Waals surface area contributed by atoms with Crippen molar-refractivity contribution < 1.29 is 4.79 Å². The molecule has 0 bridgehead atoms. The lowest BCUT2D eigenvalue weighted by atomic mass is 9.95. The van der Waals surface area contributed by atoms with Crippen LogP contribution in [0, 0.1) is 6.92 Å². The molecule has 0 aliphatic heterocycles. The number of amides is 1. The Labute approximate surface area is 193 Å². The zero-order valence-electron chi connectivity index (χ0n) is 19.1. The number of para-hydroxylation sites is 2. The quantitative estimate of drug-likeness (QED) is 0.367. The van der Waals surface area contributed by atoms with Gasteiger partial charge in [0.05, 0.1) is 16.7 Å². The molecule has 1 aliphatic rings. The molecule has 5 nitrogen and oxygen atoms in total. The van der Waals surface area contributed by atoms with Crippen molar-refractivity contribution >= 4 is 34.3 Å². The second-order valence-corrected chi connectivity index (χ2v) is 9.85. The van der Waals surface area contributed by atoms with Gasteiger partial charge in [-0.25, -0.2) is 4.98 Å². The lowest BCUT2D eigenvalue weighted by molar-refractivity contribution is -0.113. The van der Waals surface area contributed by atoms with E-state index in [0.717, 1.165) is 42.5 Å². The molecule has 1 aromatic heterocycles. The third-order valence-corrected chi connectivity index (χ3v) is 7.19. The highest BCUT2D eigenvalue weighted by Gasteiger charge is 2.22. The highest BCUT2D eigenvalue weighted by Crippen LogP contribution is 2.32. The smallest absolute Gasteiger partial charge is 0.262 e. The molecule has 168 valence electrons. The number of nitrogens with zero attached hydrogens (tertiary/aromatic N) is 2. The molecule has 1 N–H and O–H groups in total. The van der Waals surface area contributed by atoms with Gasteiger partial charge in [0.1, 0.15) is 0 Å². The van der Waals surface area contributed by atoms with Crippen LogP contribution in [-0.2, 0) is 4.79 Å². The number of benzene rings is 2. The Morgan fingerprint density at radius 3 is 2.62 bits per heavy atom. The molecule has 1 saturated carbocycles. The Morgan fingerprint density at radius 1 is 1.12 bits per heavy atom. The van der Waals surface area contributed by atoms with Crippen LogP contribution >= 0.6 is 11.8 Å². The number of rotatable bonds is 6. The molecule has 0 spiro atoms. The molecule has 0 unspecified atom stereocenters. The number of carbonyl (C=O) groups excluding carboxylic acids is 1. The van der Waals surface area contributed by atoms with Crippen LogP contribution in [0.15, 0.2) is 52.4 Å². The molecule has 2 aromatic carbocycles. The number of fused-ring (bicyclic) bond motifs is 1. The maximum atomic E-state index is 13.4. The van der Waals surface area contributed by atoms with Gasteiger partial charge in [-0.05, 0) is 48.9 Å². The van der Waals surface area contributed by atoms with E-state index in [-0.39, 0.29) is 23.3 Å². The molecule has 4 rings (SSSR count). The molecular weight excluding hydrogens is 418 g/mol. The number of thioether (sulfide) groups is 1. The zero-order valence-corrected chi connectivity index (χ0v) is 19.9. The summed E-state index contributed by atoms with van der Waals surface area (Å²) < 4.78 is 1.85. The van der Waals surface area contributed by atoms with Crippen LogP contribution in [0.2, 0.25) is 0 Å². The second-order valence-electron chi connectivity index (χ2n) is 8.91. The molecule has 0 saturated heterocycles. The minimum Gasteiger partial charge on any atom is -0.325 e. The molecular formula is C26H31N3O2S. The van der Waals surface area contributed by atoms with Gasteiger partial charge in [0, 0.05) is 11.7 Å². The third kappa shape index (κ3) is 4.75. The van der Waals surface area contributed by atoms with Crippen LogP contribution < -0.4 is 10.9 Å². The first kappa shape index (κ1) is 22.6. The SMILES string of the molecule is Cc1cccc(C(C)C)c1NC(=O)CSc1nc2ccccc2c(=O)n1C1CCCCC1. The Morgan fingerprint density at radius 2 is 1.88 bits per heavy atom. The molecule has 1 heterocycles. The normalized spacial score (nSPS) is 14.8. The molecule has 6 heteroatoms. The summed E-state index contributed by atoms with van der Waals surface area (Å²) in [5.74, 6) is 0.448. The highest BCUT2D eigenvalue weighted by atomic mass is 32.2. The van der Waals surface area contributed by atoms with E-state index in [1.54, 1.807) is 0 Å². The van der Waals surface area contributed by atoms with E-state index in [2.05, 4.69) is 25.2 Å². The molecule has 0 atom stereocenters. The van der Waals surface area contributed by atoms with Crippen molar-refractivity contribution in [2.75, 3.05) is 11.1 Å². The zero-order chi connectivity index (χ0) is 22.7. The molecule has 1 aliphatic carbocycles. The fraction of sp³-hybridized carbons (Fsp3) is 0.423. The van der Waals surface area contributed by atoms with E-state index < -0.39 is 0 Å². The van der Waals surface area contributed by atoms with Crippen molar-refractivity contribution in [3.63, 3.8) is 0 Å². The topological polar surface area (TPSA) is 64.0 Å². The monoisotopic (exact) mass is 449 g/mol. The molecule has 32 heavy (non-hydrogen) atoms. The van der Waals surface area contributed by atoms with Gasteiger partial charge in [-0.3, -0.25) is 14.2 Å². The average molecular weight is 450 g/mol. The van der Waals surface area contributed by atoms with Crippen molar-refractivity contribution in [3.05, 3.63) is 63.9 Å². The summed E-state index contributed by atoms with van der Waals surface area (Å²) in [5, 5.41) is 4.40. The van der Waals surface area contributed by atoms with Gasteiger partial charge in [-0.1, -0.05) is 75.2 Å². The Balaban J connectivity index is 1.60. The largest absolute Gasteiger partial charge is 0.325 e.